The average molecular weight is 360 g/mol. The van der Waals surface area contributed by atoms with E-state index in [0.29, 0.717) is 12.1 Å². The van der Waals surface area contributed by atoms with Gasteiger partial charge >= 0.3 is 11.8 Å². The standard InChI is InChI=1S/C21H20N4O2/c26-20(21(27)24-18-11-8-16-13-22-25-19(16)12-18)23-17-9-6-15(7-10-17)14-4-2-1-3-5-14/h1-7,9-10,13,18H,8,11-12H2,(H,22,25)(H,23,26)(H,24,27)/t18-/m1/s1. The zero-order chi connectivity index (χ0) is 18.6. The third-order valence-corrected chi connectivity index (χ3v) is 4.81. The Labute approximate surface area is 157 Å². The molecular formula is C21H20N4O2. The molecular weight excluding hydrogens is 340 g/mol. The molecule has 4 rings (SSSR count). The van der Waals surface area contributed by atoms with Crippen molar-refractivity contribution in [1.82, 2.24) is 15.5 Å². The summed E-state index contributed by atoms with van der Waals surface area (Å²) in [4.78, 5) is 24.4. The van der Waals surface area contributed by atoms with Crippen LogP contribution in [-0.4, -0.2) is 28.1 Å². The van der Waals surface area contributed by atoms with E-state index in [0.717, 1.165) is 29.7 Å². The Balaban J connectivity index is 1.34. The lowest BCUT2D eigenvalue weighted by Gasteiger charge is -2.22. The van der Waals surface area contributed by atoms with E-state index in [1.54, 1.807) is 12.1 Å². The number of nitrogens with zero attached hydrogens (tertiary/aromatic N) is 1. The number of hydrogen-bond donors (Lipinski definition) is 3. The van der Waals surface area contributed by atoms with Crippen molar-refractivity contribution in [3.8, 4) is 11.1 Å². The lowest BCUT2D eigenvalue weighted by Crippen LogP contribution is -2.44. The number of aryl methyl sites for hydroxylation is 1. The van der Waals surface area contributed by atoms with Gasteiger partial charge in [0.1, 0.15) is 0 Å². The molecule has 2 amide bonds. The van der Waals surface area contributed by atoms with Crippen molar-refractivity contribution >= 4 is 17.5 Å². The molecule has 1 heterocycles. The molecule has 2 aromatic carbocycles. The van der Waals surface area contributed by atoms with Gasteiger partial charge in [0.2, 0.25) is 0 Å². The zero-order valence-corrected chi connectivity index (χ0v) is 14.7. The topological polar surface area (TPSA) is 86.9 Å². The summed E-state index contributed by atoms with van der Waals surface area (Å²) in [7, 11) is 0. The molecule has 6 heteroatoms. The van der Waals surface area contributed by atoms with Gasteiger partial charge in [0.05, 0.1) is 6.20 Å². The first-order valence-electron chi connectivity index (χ1n) is 8.97. The molecule has 0 saturated carbocycles. The number of rotatable bonds is 3. The van der Waals surface area contributed by atoms with Crippen LogP contribution in [0.25, 0.3) is 11.1 Å². The van der Waals surface area contributed by atoms with Gasteiger partial charge in [-0.25, -0.2) is 0 Å². The van der Waals surface area contributed by atoms with Crippen molar-refractivity contribution in [3.63, 3.8) is 0 Å². The zero-order valence-electron chi connectivity index (χ0n) is 14.7. The summed E-state index contributed by atoms with van der Waals surface area (Å²) >= 11 is 0. The smallest absolute Gasteiger partial charge is 0.313 e. The number of amides is 2. The number of carbonyl (C=O) groups excluding carboxylic acids is 2. The first kappa shape index (κ1) is 17.0. The van der Waals surface area contributed by atoms with E-state index < -0.39 is 11.8 Å². The van der Waals surface area contributed by atoms with E-state index in [2.05, 4.69) is 20.8 Å². The van der Waals surface area contributed by atoms with Crippen LogP contribution in [0.1, 0.15) is 17.7 Å². The number of hydrogen-bond acceptors (Lipinski definition) is 3. The van der Waals surface area contributed by atoms with E-state index >= 15 is 0 Å². The number of benzene rings is 2. The second-order valence-corrected chi connectivity index (χ2v) is 6.68. The Morgan fingerprint density at radius 2 is 1.70 bits per heavy atom. The van der Waals surface area contributed by atoms with Gasteiger partial charge in [0, 0.05) is 23.8 Å². The van der Waals surface area contributed by atoms with Crippen LogP contribution in [0.15, 0.2) is 60.8 Å². The van der Waals surface area contributed by atoms with Crippen LogP contribution in [0.3, 0.4) is 0 Å². The van der Waals surface area contributed by atoms with Crippen LogP contribution in [0.4, 0.5) is 5.69 Å². The van der Waals surface area contributed by atoms with Gasteiger partial charge in [-0.05, 0) is 41.7 Å². The molecule has 0 unspecified atom stereocenters. The summed E-state index contributed by atoms with van der Waals surface area (Å²) in [5, 5.41) is 12.4. The minimum absolute atomic E-state index is 0.0587. The maximum atomic E-state index is 12.2. The number of nitrogens with one attached hydrogen (secondary N) is 3. The van der Waals surface area contributed by atoms with Crippen LogP contribution < -0.4 is 10.6 Å². The highest BCUT2D eigenvalue weighted by Gasteiger charge is 2.24. The number of anilines is 1. The molecule has 0 radical (unpaired) electrons. The SMILES string of the molecule is O=C(Nc1ccc(-c2ccccc2)cc1)C(=O)N[C@@H]1CCc2cn[nH]c2C1. The van der Waals surface area contributed by atoms with Crippen LogP contribution >= 0.6 is 0 Å². The maximum Gasteiger partial charge on any atom is 0.313 e. The molecule has 1 atom stereocenters. The van der Waals surface area contributed by atoms with Crippen molar-refractivity contribution < 1.29 is 9.59 Å². The summed E-state index contributed by atoms with van der Waals surface area (Å²) in [6, 6.07) is 17.4. The van der Waals surface area contributed by atoms with E-state index in [4.69, 9.17) is 0 Å². The van der Waals surface area contributed by atoms with Crippen LogP contribution in [0.2, 0.25) is 0 Å². The third-order valence-electron chi connectivity index (χ3n) is 4.81. The molecule has 3 N–H and O–H groups in total. The van der Waals surface area contributed by atoms with E-state index in [-0.39, 0.29) is 6.04 Å². The first-order chi connectivity index (χ1) is 13.2. The van der Waals surface area contributed by atoms with Crippen molar-refractivity contribution in [3.05, 3.63) is 72.1 Å². The van der Waals surface area contributed by atoms with Crippen LogP contribution in [0, 0.1) is 0 Å². The predicted molar refractivity (Wildman–Crippen MR) is 103 cm³/mol. The van der Waals surface area contributed by atoms with Crippen molar-refractivity contribution in [2.75, 3.05) is 5.32 Å². The highest BCUT2D eigenvalue weighted by molar-refractivity contribution is 6.39. The normalized spacial score (nSPS) is 15.6. The highest BCUT2D eigenvalue weighted by Crippen LogP contribution is 2.21. The van der Waals surface area contributed by atoms with Gasteiger partial charge < -0.3 is 10.6 Å². The molecule has 0 spiro atoms. The second-order valence-electron chi connectivity index (χ2n) is 6.68. The summed E-state index contributed by atoms with van der Waals surface area (Å²) in [5.74, 6) is -1.27. The first-order valence-corrected chi connectivity index (χ1v) is 8.97. The maximum absolute atomic E-state index is 12.2. The Kier molecular flexibility index (Phi) is 4.70. The van der Waals surface area contributed by atoms with Gasteiger partial charge in [-0.1, -0.05) is 42.5 Å². The Morgan fingerprint density at radius 3 is 2.48 bits per heavy atom. The molecule has 1 aliphatic rings. The minimum atomic E-state index is -0.655. The van der Waals surface area contributed by atoms with Crippen molar-refractivity contribution in [2.24, 2.45) is 0 Å². The third kappa shape index (κ3) is 3.89. The van der Waals surface area contributed by atoms with Gasteiger partial charge in [0.15, 0.2) is 0 Å². The molecule has 136 valence electrons. The number of aromatic nitrogens is 2. The molecule has 27 heavy (non-hydrogen) atoms. The molecule has 6 nitrogen and oxygen atoms in total. The fraction of sp³-hybridized carbons (Fsp3) is 0.190. The van der Waals surface area contributed by atoms with Gasteiger partial charge in [-0.2, -0.15) is 5.10 Å². The monoisotopic (exact) mass is 360 g/mol. The number of fused-ring (bicyclic) bond motifs is 1. The second kappa shape index (κ2) is 7.45. The molecule has 0 bridgehead atoms. The van der Waals surface area contributed by atoms with Crippen molar-refractivity contribution in [1.29, 1.82) is 0 Å². The lowest BCUT2D eigenvalue weighted by atomic mass is 9.94. The van der Waals surface area contributed by atoms with E-state index in [1.165, 1.54) is 5.56 Å². The van der Waals surface area contributed by atoms with Gasteiger partial charge in [-0.3, -0.25) is 14.7 Å². The number of aromatic amines is 1. The van der Waals surface area contributed by atoms with E-state index in [1.807, 2.05) is 48.7 Å². The fourth-order valence-electron chi connectivity index (χ4n) is 3.35. The summed E-state index contributed by atoms with van der Waals surface area (Å²) < 4.78 is 0. The Morgan fingerprint density at radius 1 is 0.963 bits per heavy atom. The molecule has 0 fully saturated rings. The fourth-order valence-corrected chi connectivity index (χ4v) is 3.35. The van der Waals surface area contributed by atoms with Crippen LogP contribution in [0.5, 0.6) is 0 Å². The molecule has 3 aromatic rings. The Bertz CT molecular complexity index is 948. The molecule has 0 saturated heterocycles. The van der Waals surface area contributed by atoms with Gasteiger partial charge in [0.25, 0.3) is 0 Å². The predicted octanol–water partition coefficient (Wildman–Crippen LogP) is 2.69. The van der Waals surface area contributed by atoms with Gasteiger partial charge in [-0.15, -0.1) is 0 Å². The lowest BCUT2D eigenvalue weighted by molar-refractivity contribution is -0.136. The largest absolute Gasteiger partial charge is 0.345 e. The highest BCUT2D eigenvalue weighted by atomic mass is 16.2. The molecule has 1 aromatic heterocycles. The average Bonchev–Trinajstić information content (AvgIpc) is 3.17. The van der Waals surface area contributed by atoms with E-state index in [9.17, 15) is 9.59 Å². The Hall–Kier alpha value is -3.41. The summed E-state index contributed by atoms with van der Waals surface area (Å²) in [6.45, 7) is 0. The number of carbonyl (C=O) groups is 2. The van der Waals surface area contributed by atoms with Crippen LogP contribution in [-0.2, 0) is 22.4 Å². The molecule has 1 aliphatic carbocycles. The van der Waals surface area contributed by atoms with Crippen molar-refractivity contribution in [2.45, 2.75) is 25.3 Å². The summed E-state index contributed by atoms with van der Waals surface area (Å²) in [5.41, 5.74) is 4.96. The summed E-state index contributed by atoms with van der Waals surface area (Å²) in [6.07, 6.45) is 4.13. The minimum Gasteiger partial charge on any atom is -0.345 e. The quantitative estimate of drug-likeness (QED) is 0.628. The number of H-pyrrole nitrogens is 1. The molecule has 0 aliphatic heterocycles.